The number of hydrogen-bond acceptors (Lipinski definition) is 6. The summed E-state index contributed by atoms with van der Waals surface area (Å²) in [5.74, 6) is 2.04. The highest BCUT2D eigenvalue weighted by Crippen LogP contribution is 2.25. The lowest BCUT2D eigenvalue weighted by molar-refractivity contribution is 0.196. The lowest BCUT2D eigenvalue weighted by Gasteiger charge is -2.38. The first kappa shape index (κ1) is 13.3. The number of aromatic nitrogens is 2. The van der Waals surface area contributed by atoms with Crippen LogP contribution in [0.1, 0.15) is 19.3 Å². The van der Waals surface area contributed by atoms with E-state index in [1.165, 1.54) is 25.8 Å². The van der Waals surface area contributed by atoms with Gasteiger partial charge in [0.15, 0.2) is 0 Å². The van der Waals surface area contributed by atoms with E-state index in [-0.39, 0.29) is 0 Å². The quantitative estimate of drug-likeness (QED) is 0.843. The predicted molar refractivity (Wildman–Crippen MR) is 83.7 cm³/mol. The van der Waals surface area contributed by atoms with Gasteiger partial charge in [-0.15, -0.1) is 0 Å². The van der Waals surface area contributed by atoms with Crippen molar-refractivity contribution in [2.45, 2.75) is 31.3 Å². The molecule has 1 aromatic heterocycles. The molecule has 1 atom stereocenters. The Morgan fingerprint density at radius 3 is 2.67 bits per heavy atom. The molecule has 21 heavy (non-hydrogen) atoms. The number of piperazine rings is 1. The van der Waals surface area contributed by atoms with Crippen LogP contribution in [0.25, 0.3) is 0 Å². The summed E-state index contributed by atoms with van der Waals surface area (Å²) < 4.78 is 0. The molecule has 0 aromatic carbocycles. The van der Waals surface area contributed by atoms with Gasteiger partial charge in [0.25, 0.3) is 0 Å². The van der Waals surface area contributed by atoms with Crippen LogP contribution in [0.3, 0.4) is 0 Å². The Bertz CT molecular complexity index is 475. The summed E-state index contributed by atoms with van der Waals surface area (Å²) >= 11 is 0. The minimum absolute atomic E-state index is 0.638. The van der Waals surface area contributed by atoms with Crippen LogP contribution in [-0.4, -0.2) is 66.2 Å². The molecule has 1 saturated carbocycles. The van der Waals surface area contributed by atoms with Gasteiger partial charge in [-0.1, -0.05) is 0 Å². The molecule has 0 radical (unpaired) electrons. The highest BCUT2D eigenvalue weighted by atomic mass is 15.3. The minimum Gasteiger partial charge on any atom is -0.367 e. The Morgan fingerprint density at radius 1 is 1.10 bits per heavy atom. The highest BCUT2D eigenvalue weighted by Gasteiger charge is 2.27. The van der Waals surface area contributed by atoms with Crippen molar-refractivity contribution in [3.63, 3.8) is 0 Å². The van der Waals surface area contributed by atoms with Crippen molar-refractivity contribution in [2.24, 2.45) is 0 Å². The van der Waals surface area contributed by atoms with Gasteiger partial charge in [0, 0.05) is 50.9 Å². The summed E-state index contributed by atoms with van der Waals surface area (Å²) in [6.07, 6.45) is 5.52. The fraction of sp³-hybridized carbons (Fsp3) is 0.733. The van der Waals surface area contributed by atoms with Crippen molar-refractivity contribution in [3.05, 3.63) is 12.4 Å². The van der Waals surface area contributed by atoms with Gasteiger partial charge in [-0.3, -0.25) is 4.90 Å². The lowest BCUT2D eigenvalue weighted by atomic mass is 10.2. The average Bonchev–Trinajstić information content (AvgIpc) is 3.17. The summed E-state index contributed by atoms with van der Waals surface area (Å²) in [7, 11) is 0. The van der Waals surface area contributed by atoms with Crippen molar-refractivity contribution in [2.75, 3.05) is 49.5 Å². The summed E-state index contributed by atoms with van der Waals surface area (Å²) in [4.78, 5) is 13.8. The van der Waals surface area contributed by atoms with Crippen molar-refractivity contribution < 1.29 is 0 Å². The van der Waals surface area contributed by atoms with Gasteiger partial charge in [0.05, 0.1) is 0 Å². The maximum absolute atomic E-state index is 4.46. The first-order valence-electron chi connectivity index (χ1n) is 8.17. The highest BCUT2D eigenvalue weighted by molar-refractivity contribution is 5.49. The molecule has 2 aliphatic heterocycles. The van der Waals surface area contributed by atoms with Crippen molar-refractivity contribution in [3.8, 4) is 0 Å². The molecular formula is C15H24N6. The zero-order valence-electron chi connectivity index (χ0n) is 12.5. The zero-order valence-corrected chi connectivity index (χ0v) is 12.5. The van der Waals surface area contributed by atoms with Gasteiger partial charge in [-0.2, -0.15) is 0 Å². The molecule has 0 amide bonds. The van der Waals surface area contributed by atoms with Crippen LogP contribution in [0.2, 0.25) is 0 Å². The van der Waals surface area contributed by atoms with Crippen LogP contribution in [0.4, 0.5) is 11.6 Å². The second-order valence-electron chi connectivity index (χ2n) is 6.35. The smallest absolute Gasteiger partial charge is 0.134 e. The van der Waals surface area contributed by atoms with Crippen molar-refractivity contribution in [1.29, 1.82) is 0 Å². The van der Waals surface area contributed by atoms with E-state index in [1.54, 1.807) is 6.33 Å². The van der Waals surface area contributed by atoms with Crippen molar-refractivity contribution in [1.82, 2.24) is 20.2 Å². The van der Waals surface area contributed by atoms with Gasteiger partial charge in [0.2, 0.25) is 0 Å². The summed E-state index contributed by atoms with van der Waals surface area (Å²) in [6.45, 7) is 6.74. The van der Waals surface area contributed by atoms with Crippen LogP contribution in [0, 0.1) is 0 Å². The molecule has 1 aromatic rings. The third-order valence-corrected chi connectivity index (χ3v) is 4.77. The Kier molecular flexibility index (Phi) is 3.65. The molecule has 3 aliphatic rings. The number of anilines is 2. The van der Waals surface area contributed by atoms with E-state index in [4.69, 9.17) is 0 Å². The maximum Gasteiger partial charge on any atom is 0.134 e. The first-order chi connectivity index (χ1) is 10.4. The molecule has 3 fully saturated rings. The number of rotatable bonds is 4. The van der Waals surface area contributed by atoms with Crippen LogP contribution in [-0.2, 0) is 0 Å². The van der Waals surface area contributed by atoms with E-state index in [9.17, 15) is 0 Å². The number of nitrogens with zero attached hydrogens (tertiary/aromatic N) is 4. The third-order valence-electron chi connectivity index (χ3n) is 4.77. The standard InChI is InChI=1S/C15H24N6/c1-2-12(1)19-14-9-15(18-11-17-14)21-7-5-20(6-8-21)13-3-4-16-10-13/h9,11-13,16H,1-8,10H2,(H,17,18,19). The second-order valence-corrected chi connectivity index (χ2v) is 6.35. The number of hydrogen-bond donors (Lipinski definition) is 2. The fourth-order valence-corrected chi connectivity index (χ4v) is 3.30. The summed E-state index contributed by atoms with van der Waals surface area (Å²) in [5.41, 5.74) is 0. The van der Waals surface area contributed by atoms with Crippen LogP contribution < -0.4 is 15.5 Å². The van der Waals surface area contributed by atoms with E-state index in [2.05, 4.69) is 36.5 Å². The van der Waals surface area contributed by atoms with E-state index in [0.717, 1.165) is 50.4 Å². The maximum atomic E-state index is 4.46. The van der Waals surface area contributed by atoms with E-state index in [1.807, 2.05) is 0 Å². The summed E-state index contributed by atoms with van der Waals surface area (Å²) in [6, 6.07) is 3.48. The largest absolute Gasteiger partial charge is 0.367 e. The Hall–Kier alpha value is -1.40. The number of nitrogens with one attached hydrogen (secondary N) is 2. The second kappa shape index (κ2) is 5.77. The molecule has 4 rings (SSSR count). The Balaban J connectivity index is 1.36. The van der Waals surface area contributed by atoms with Gasteiger partial charge in [-0.05, 0) is 25.8 Å². The molecule has 6 heteroatoms. The third kappa shape index (κ3) is 3.11. The van der Waals surface area contributed by atoms with Crippen LogP contribution >= 0.6 is 0 Å². The summed E-state index contributed by atoms with van der Waals surface area (Å²) in [5, 5.41) is 6.91. The van der Waals surface area contributed by atoms with Gasteiger partial charge >= 0.3 is 0 Å². The molecule has 3 heterocycles. The van der Waals surface area contributed by atoms with Gasteiger partial charge in [-0.25, -0.2) is 9.97 Å². The zero-order chi connectivity index (χ0) is 14.1. The van der Waals surface area contributed by atoms with Crippen LogP contribution in [0.15, 0.2) is 12.4 Å². The molecule has 2 N–H and O–H groups in total. The molecular weight excluding hydrogens is 264 g/mol. The lowest BCUT2D eigenvalue weighted by Crippen LogP contribution is -2.51. The molecule has 0 spiro atoms. The van der Waals surface area contributed by atoms with Crippen LogP contribution in [0.5, 0.6) is 0 Å². The first-order valence-corrected chi connectivity index (χ1v) is 8.17. The molecule has 6 nitrogen and oxygen atoms in total. The topological polar surface area (TPSA) is 56.3 Å². The Morgan fingerprint density at radius 2 is 1.95 bits per heavy atom. The fourth-order valence-electron chi connectivity index (χ4n) is 3.30. The molecule has 1 unspecified atom stereocenters. The van der Waals surface area contributed by atoms with E-state index >= 15 is 0 Å². The SMILES string of the molecule is c1nc(NC2CC2)cc(N2CCN(C3CCNC3)CC2)n1. The molecule has 1 aliphatic carbocycles. The average molecular weight is 288 g/mol. The minimum atomic E-state index is 0.638. The van der Waals surface area contributed by atoms with Crippen molar-refractivity contribution >= 4 is 11.6 Å². The molecule has 0 bridgehead atoms. The van der Waals surface area contributed by atoms with E-state index in [0.29, 0.717) is 6.04 Å². The molecule has 114 valence electrons. The Labute approximate surface area is 125 Å². The van der Waals surface area contributed by atoms with E-state index < -0.39 is 0 Å². The van der Waals surface area contributed by atoms with Gasteiger partial charge in [0.1, 0.15) is 18.0 Å². The molecule has 2 saturated heterocycles. The predicted octanol–water partition coefficient (Wildman–Crippen LogP) is 0.535. The monoisotopic (exact) mass is 288 g/mol. The van der Waals surface area contributed by atoms with Gasteiger partial charge < -0.3 is 15.5 Å². The normalized spacial score (nSPS) is 27.0.